The van der Waals surface area contributed by atoms with Crippen molar-refractivity contribution in [3.8, 4) is 90.3 Å². The SMILES string of the molecule is Cc1c(-c2ccccc2)nc(-c2ccc(C(c3ccccc3)(c3ccccc3)c3ccc(-c4nc(-c5ccccc5)nc(-c5cccc(-c6ccccc6)c5)n4)cc3)cc2)nc1-c1cccc(-c2ccccc2)c1. The highest BCUT2D eigenvalue weighted by Crippen LogP contribution is 2.46. The Kier molecular flexibility index (Phi) is 12.4. The van der Waals surface area contributed by atoms with Gasteiger partial charge in [-0.15, -0.1) is 0 Å². The summed E-state index contributed by atoms with van der Waals surface area (Å²) in [5.74, 6) is 2.48. The first-order valence-corrected chi connectivity index (χ1v) is 25.0. The van der Waals surface area contributed by atoms with Crippen molar-refractivity contribution in [2.45, 2.75) is 12.3 Å². The second kappa shape index (κ2) is 20.2. The van der Waals surface area contributed by atoms with Crippen LogP contribution in [0.2, 0.25) is 0 Å². The summed E-state index contributed by atoms with van der Waals surface area (Å²) in [6.45, 7) is 2.13. The first kappa shape index (κ1) is 45.4. The van der Waals surface area contributed by atoms with Gasteiger partial charge in [0.25, 0.3) is 0 Å². The smallest absolute Gasteiger partial charge is 0.164 e. The summed E-state index contributed by atoms with van der Waals surface area (Å²) < 4.78 is 0. The van der Waals surface area contributed by atoms with E-state index in [0.717, 1.165) is 94.8 Å². The first-order valence-electron chi connectivity index (χ1n) is 25.0. The summed E-state index contributed by atoms with van der Waals surface area (Å²) in [6, 6.07) is 97.7. The van der Waals surface area contributed by atoms with E-state index in [1.165, 1.54) is 0 Å². The standard InChI is InChI=1S/C69H49N5/c1-48-63(51-26-12-4-13-27-51)70-65(71-64(48)57-32-20-30-55(46-57)49-22-8-2-9-23-49)53-38-42-61(43-39-53)69(59-34-16-6-17-35-59,60-36-18-7-19-37-60)62-44-40-54(41-45-62)67-72-66(52-28-14-5-15-29-52)73-68(74-67)58-33-21-31-56(47-58)50-24-10-3-11-25-50/h2-47H,1H3. The molecule has 0 saturated carbocycles. The first-order chi connectivity index (χ1) is 36.6. The minimum absolute atomic E-state index is 0.596. The van der Waals surface area contributed by atoms with Crippen molar-refractivity contribution in [3.63, 3.8) is 0 Å². The average molecular weight is 948 g/mol. The molecule has 10 aromatic carbocycles. The molecule has 0 aliphatic rings. The summed E-state index contributed by atoms with van der Waals surface area (Å²) in [4.78, 5) is 26.1. The molecule has 12 aromatic rings. The lowest BCUT2D eigenvalue weighted by atomic mass is 9.65. The molecule has 0 radical (unpaired) electrons. The van der Waals surface area contributed by atoms with Crippen LogP contribution in [0, 0.1) is 6.92 Å². The van der Waals surface area contributed by atoms with E-state index in [1.807, 2.05) is 48.5 Å². The second-order valence-corrected chi connectivity index (χ2v) is 18.4. The maximum Gasteiger partial charge on any atom is 0.164 e. The van der Waals surface area contributed by atoms with Crippen LogP contribution < -0.4 is 0 Å². The molecule has 5 heteroatoms. The molecule has 0 aliphatic carbocycles. The van der Waals surface area contributed by atoms with Gasteiger partial charge in [-0.25, -0.2) is 24.9 Å². The Morgan fingerprint density at radius 1 is 0.216 bits per heavy atom. The minimum Gasteiger partial charge on any atom is -0.228 e. The van der Waals surface area contributed by atoms with Crippen LogP contribution in [-0.2, 0) is 5.41 Å². The molecule has 12 rings (SSSR count). The molecule has 0 fully saturated rings. The molecule has 2 aromatic heterocycles. The summed E-state index contributed by atoms with van der Waals surface area (Å²) >= 11 is 0. The Hall–Kier alpha value is -9.71. The Labute approximate surface area is 432 Å². The Morgan fingerprint density at radius 2 is 0.500 bits per heavy atom. The summed E-state index contributed by atoms with van der Waals surface area (Å²) in [5.41, 5.74) is 16.8. The average Bonchev–Trinajstić information content (AvgIpc) is 3.49. The van der Waals surface area contributed by atoms with Gasteiger partial charge in [0.1, 0.15) is 0 Å². The van der Waals surface area contributed by atoms with E-state index in [1.54, 1.807) is 0 Å². The van der Waals surface area contributed by atoms with Gasteiger partial charge in [0.2, 0.25) is 0 Å². The molecule has 2 heterocycles. The van der Waals surface area contributed by atoms with E-state index in [2.05, 4.69) is 237 Å². The molecule has 0 atom stereocenters. The number of hydrogen-bond donors (Lipinski definition) is 0. The molecular formula is C69H49N5. The van der Waals surface area contributed by atoms with Crippen molar-refractivity contribution in [2.24, 2.45) is 0 Å². The second-order valence-electron chi connectivity index (χ2n) is 18.4. The van der Waals surface area contributed by atoms with E-state index < -0.39 is 5.41 Å². The van der Waals surface area contributed by atoms with Gasteiger partial charge >= 0.3 is 0 Å². The fourth-order valence-electron chi connectivity index (χ4n) is 10.2. The van der Waals surface area contributed by atoms with Crippen LogP contribution in [-0.4, -0.2) is 24.9 Å². The lowest BCUT2D eigenvalue weighted by molar-refractivity contribution is 0.745. The number of nitrogens with zero attached hydrogens (tertiary/aromatic N) is 5. The van der Waals surface area contributed by atoms with Gasteiger partial charge in [0.15, 0.2) is 23.3 Å². The fourth-order valence-corrected chi connectivity index (χ4v) is 10.2. The van der Waals surface area contributed by atoms with Gasteiger partial charge in [0, 0.05) is 38.9 Å². The highest BCUT2D eigenvalue weighted by Gasteiger charge is 2.38. The van der Waals surface area contributed by atoms with Gasteiger partial charge < -0.3 is 0 Å². The molecule has 0 unspecified atom stereocenters. The van der Waals surface area contributed by atoms with Crippen molar-refractivity contribution in [2.75, 3.05) is 0 Å². The van der Waals surface area contributed by atoms with Crippen LogP contribution in [0.15, 0.2) is 279 Å². The number of aromatic nitrogens is 5. The number of benzene rings is 10. The largest absolute Gasteiger partial charge is 0.228 e. The van der Waals surface area contributed by atoms with E-state index in [0.29, 0.717) is 23.3 Å². The molecule has 0 saturated heterocycles. The van der Waals surface area contributed by atoms with Crippen LogP contribution >= 0.6 is 0 Å². The van der Waals surface area contributed by atoms with Gasteiger partial charge in [0.05, 0.1) is 16.8 Å². The zero-order valence-electron chi connectivity index (χ0n) is 40.8. The van der Waals surface area contributed by atoms with Crippen LogP contribution in [0.25, 0.3) is 90.3 Å². The van der Waals surface area contributed by atoms with Crippen LogP contribution in [0.4, 0.5) is 0 Å². The van der Waals surface area contributed by atoms with Crippen LogP contribution in [0.5, 0.6) is 0 Å². The predicted octanol–water partition coefficient (Wildman–Crippen LogP) is 16.7. The summed E-state index contributed by atoms with van der Waals surface area (Å²) in [7, 11) is 0. The Morgan fingerprint density at radius 3 is 0.946 bits per heavy atom. The van der Waals surface area contributed by atoms with Crippen molar-refractivity contribution in [1.82, 2.24) is 24.9 Å². The predicted molar refractivity (Wildman–Crippen MR) is 302 cm³/mol. The third-order valence-electron chi connectivity index (χ3n) is 13.9. The third-order valence-corrected chi connectivity index (χ3v) is 13.9. The van der Waals surface area contributed by atoms with Gasteiger partial charge in [-0.05, 0) is 63.6 Å². The Balaban J connectivity index is 0.981. The van der Waals surface area contributed by atoms with Crippen molar-refractivity contribution in [1.29, 1.82) is 0 Å². The maximum absolute atomic E-state index is 5.38. The zero-order valence-corrected chi connectivity index (χ0v) is 40.8. The monoisotopic (exact) mass is 947 g/mol. The van der Waals surface area contributed by atoms with E-state index in [4.69, 9.17) is 24.9 Å². The molecule has 0 spiro atoms. The normalized spacial score (nSPS) is 11.3. The molecule has 0 aliphatic heterocycles. The molecule has 0 bridgehead atoms. The highest BCUT2D eigenvalue weighted by atomic mass is 15.0. The van der Waals surface area contributed by atoms with E-state index in [-0.39, 0.29) is 0 Å². The zero-order chi connectivity index (χ0) is 49.7. The number of rotatable bonds is 12. The maximum atomic E-state index is 5.38. The van der Waals surface area contributed by atoms with E-state index >= 15 is 0 Å². The van der Waals surface area contributed by atoms with Crippen LogP contribution in [0.1, 0.15) is 27.8 Å². The molecule has 5 nitrogen and oxygen atoms in total. The highest BCUT2D eigenvalue weighted by molar-refractivity contribution is 5.80. The lowest BCUT2D eigenvalue weighted by Gasteiger charge is -2.37. The summed E-state index contributed by atoms with van der Waals surface area (Å²) in [5, 5.41) is 0. The molecule has 350 valence electrons. The molecule has 0 N–H and O–H groups in total. The third kappa shape index (κ3) is 8.88. The number of hydrogen-bond acceptors (Lipinski definition) is 5. The summed E-state index contributed by atoms with van der Waals surface area (Å²) in [6.07, 6.45) is 0. The van der Waals surface area contributed by atoms with Crippen molar-refractivity contribution >= 4 is 0 Å². The minimum atomic E-state index is -0.719. The van der Waals surface area contributed by atoms with Crippen molar-refractivity contribution in [3.05, 3.63) is 307 Å². The van der Waals surface area contributed by atoms with Gasteiger partial charge in [-0.2, -0.15) is 0 Å². The van der Waals surface area contributed by atoms with Gasteiger partial charge in [-0.1, -0.05) is 267 Å². The quantitative estimate of drug-likeness (QED) is 0.114. The van der Waals surface area contributed by atoms with Crippen molar-refractivity contribution < 1.29 is 0 Å². The fraction of sp³-hybridized carbons (Fsp3) is 0.0290. The van der Waals surface area contributed by atoms with Crippen LogP contribution in [0.3, 0.4) is 0 Å². The molecule has 0 amide bonds. The molecular weight excluding hydrogens is 899 g/mol. The lowest BCUT2D eigenvalue weighted by Crippen LogP contribution is -2.31. The van der Waals surface area contributed by atoms with Gasteiger partial charge in [-0.3, -0.25) is 0 Å². The topological polar surface area (TPSA) is 64.5 Å². The van der Waals surface area contributed by atoms with E-state index in [9.17, 15) is 0 Å². The Bertz CT molecular complexity index is 3810. The molecule has 74 heavy (non-hydrogen) atoms.